The Labute approximate surface area is 333 Å². The molecule has 0 aliphatic heterocycles. The van der Waals surface area contributed by atoms with E-state index >= 15 is 0 Å². The minimum absolute atomic E-state index is 0.0234. The number of alkyl halides is 1. The molecule has 5 atom stereocenters. The van der Waals surface area contributed by atoms with Crippen molar-refractivity contribution in [3.05, 3.63) is 59.2 Å². The summed E-state index contributed by atoms with van der Waals surface area (Å²) in [5, 5.41) is 31.1. The van der Waals surface area contributed by atoms with E-state index in [2.05, 4.69) is 32.1 Å². The quantitative estimate of drug-likeness (QED) is 0.0311. The van der Waals surface area contributed by atoms with Crippen LogP contribution in [0, 0.1) is 17.3 Å². The van der Waals surface area contributed by atoms with Gasteiger partial charge in [-0.15, -0.1) is 11.6 Å². The van der Waals surface area contributed by atoms with Crippen molar-refractivity contribution in [2.45, 2.75) is 198 Å². The monoisotopic (exact) mass is 771 g/mol. The molecule has 3 rings (SSSR count). The maximum absolute atomic E-state index is 12.5. The number of unbranched alkanes of at least 4 members (excludes halogenated alkanes) is 14. The topological polar surface area (TPSA) is 104 Å². The van der Waals surface area contributed by atoms with Crippen molar-refractivity contribution in [2.75, 3.05) is 6.61 Å². The molecule has 1 aromatic carbocycles. The molecule has 0 bridgehead atoms. The summed E-state index contributed by atoms with van der Waals surface area (Å²) in [5.41, 5.74) is 2.23. The normalized spacial score (nSPS) is 21.5. The Morgan fingerprint density at radius 1 is 0.889 bits per heavy atom. The molecule has 7 heteroatoms. The Kier molecular flexibility index (Phi) is 22.8. The number of aryl methyl sites for hydroxylation is 1. The van der Waals surface area contributed by atoms with Crippen molar-refractivity contribution in [3.63, 3.8) is 0 Å². The van der Waals surface area contributed by atoms with E-state index < -0.39 is 12.1 Å². The number of aliphatic hydroxyl groups is 2. The van der Waals surface area contributed by atoms with Gasteiger partial charge in [0.1, 0.15) is 0 Å². The third kappa shape index (κ3) is 16.5. The molecule has 0 radical (unpaired) electrons. The van der Waals surface area contributed by atoms with Crippen molar-refractivity contribution in [1.29, 1.82) is 0 Å². The summed E-state index contributed by atoms with van der Waals surface area (Å²) in [5.74, 6) is -1.11. The zero-order valence-electron chi connectivity index (χ0n) is 34.0. The van der Waals surface area contributed by atoms with Gasteiger partial charge in [-0.2, -0.15) is 0 Å². The summed E-state index contributed by atoms with van der Waals surface area (Å²) in [6, 6.07) is 5.61. The zero-order chi connectivity index (χ0) is 39.0. The molecule has 2 aliphatic rings. The van der Waals surface area contributed by atoms with E-state index in [1.165, 1.54) is 89.9 Å². The van der Waals surface area contributed by atoms with Crippen LogP contribution in [0.25, 0.3) is 0 Å². The van der Waals surface area contributed by atoms with E-state index in [0.29, 0.717) is 32.1 Å². The largest absolute Gasteiger partial charge is 0.478 e. The second-order valence-electron chi connectivity index (χ2n) is 16.5. The maximum atomic E-state index is 12.5. The van der Waals surface area contributed by atoms with Gasteiger partial charge >= 0.3 is 11.9 Å². The van der Waals surface area contributed by atoms with Crippen molar-refractivity contribution in [3.8, 4) is 0 Å². The molecule has 6 nitrogen and oxygen atoms in total. The lowest BCUT2D eigenvalue weighted by atomic mass is 9.63. The highest BCUT2D eigenvalue weighted by Gasteiger charge is 2.42. The number of esters is 1. The SMILES string of the molecule is CCCCCCCCCCCCCCCCc1ccc(C(=O)O)c(CCOC(=O)CCCC=CC[C@@H]2[C@@H](C=CC[C@H](O)C3(CC)CCC3)[C@H](O)C[C@H]2Cl)c1. The number of hydrogen-bond donors (Lipinski definition) is 3. The molecular weight excluding hydrogens is 696 g/mol. The van der Waals surface area contributed by atoms with Crippen LogP contribution in [-0.2, 0) is 22.4 Å². The molecule has 0 saturated heterocycles. The first kappa shape index (κ1) is 46.2. The van der Waals surface area contributed by atoms with Gasteiger partial charge in [0.2, 0.25) is 0 Å². The lowest BCUT2D eigenvalue weighted by molar-refractivity contribution is -0.143. The number of rotatable bonds is 30. The Balaban J connectivity index is 1.27. The number of carbonyl (C=O) groups excluding carboxylic acids is 1. The van der Waals surface area contributed by atoms with Crippen LogP contribution in [-0.4, -0.2) is 51.5 Å². The molecule has 0 heterocycles. The second-order valence-corrected chi connectivity index (χ2v) is 17.1. The lowest BCUT2D eigenvalue weighted by Crippen LogP contribution is -2.40. The fraction of sp³-hybridized carbons (Fsp3) is 0.745. The number of benzene rings is 1. The second kappa shape index (κ2) is 26.7. The lowest BCUT2D eigenvalue weighted by Gasteiger charge is -2.45. The fourth-order valence-electron chi connectivity index (χ4n) is 8.66. The van der Waals surface area contributed by atoms with Gasteiger partial charge in [-0.3, -0.25) is 4.79 Å². The smallest absolute Gasteiger partial charge is 0.335 e. The summed E-state index contributed by atoms with van der Waals surface area (Å²) >= 11 is 6.65. The van der Waals surface area contributed by atoms with Gasteiger partial charge in [-0.05, 0) is 92.7 Å². The van der Waals surface area contributed by atoms with Crippen LogP contribution in [0.3, 0.4) is 0 Å². The number of aliphatic hydroxyl groups excluding tert-OH is 2. The first-order chi connectivity index (χ1) is 26.2. The summed E-state index contributed by atoms with van der Waals surface area (Å²) in [6.07, 6.45) is 35.5. The number of hydrogen-bond acceptors (Lipinski definition) is 5. The third-order valence-electron chi connectivity index (χ3n) is 12.5. The predicted octanol–water partition coefficient (Wildman–Crippen LogP) is 12.1. The van der Waals surface area contributed by atoms with Crippen molar-refractivity contribution in [2.24, 2.45) is 17.3 Å². The minimum Gasteiger partial charge on any atom is -0.478 e. The predicted molar refractivity (Wildman–Crippen MR) is 223 cm³/mol. The standard InChI is InChI=1S/C47H75ClO6/c1-3-5-6-7-8-9-10-11-12-13-14-15-16-19-24-37-29-30-39(46(52)53)38(35-37)31-34-54-45(51)28-21-18-17-20-25-40-41(43(49)36-42(40)48)26-22-27-44(50)47(4-2)32-23-33-47/h17,20,22,26,29-30,35,40-44,49-50H,3-16,18-19,21,23-25,27-28,31-34,36H2,1-2H3,(H,52,53)/t40-,41-,42-,43-,44+/m1/s1. The van der Waals surface area contributed by atoms with Gasteiger partial charge in [-0.25, -0.2) is 4.79 Å². The molecular formula is C47H75ClO6. The Bertz CT molecular complexity index is 1250. The highest BCUT2D eigenvalue weighted by atomic mass is 35.5. The zero-order valence-corrected chi connectivity index (χ0v) is 34.7. The molecule has 0 amide bonds. The van der Waals surface area contributed by atoms with Crippen LogP contribution in [0.2, 0.25) is 0 Å². The number of aromatic carboxylic acids is 1. The molecule has 0 aromatic heterocycles. The van der Waals surface area contributed by atoms with Gasteiger partial charge in [-0.1, -0.05) is 140 Å². The molecule has 2 saturated carbocycles. The average molecular weight is 772 g/mol. The van der Waals surface area contributed by atoms with Crippen LogP contribution >= 0.6 is 11.6 Å². The van der Waals surface area contributed by atoms with E-state index in [1.807, 2.05) is 18.2 Å². The number of halogens is 1. The van der Waals surface area contributed by atoms with Gasteiger partial charge < -0.3 is 20.1 Å². The van der Waals surface area contributed by atoms with E-state index in [0.717, 1.165) is 56.1 Å². The number of carbonyl (C=O) groups is 2. The molecule has 54 heavy (non-hydrogen) atoms. The van der Waals surface area contributed by atoms with Crippen LogP contribution in [0.5, 0.6) is 0 Å². The number of carboxylic acids is 1. The van der Waals surface area contributed by atoms with Gasteiger partial charge in [0.15, 0.2) is 0 Å². The Hall–Kier alpha value is -2.15. The number of carboxylic acid groups (broad SMARTS) is 1. The summed E-state index contributed by atoms with van der Waals surface area (Å²) in [7, 11) is 0. The summed E-state index contributed by atoms with van der Waals surface area (Å²) in [4.78, 5) is 24.3. The Morgan fingerprint density at radius 2 is 1.54 bits per heavy atom. The maximum Gasteiger partial charge on any atom is 0.335 e. The summed E-state index contributed by atoms with van der Waals surface area (Å²) in [6.45, 7) is 4.60. The minimum atomic E-state index is -0.950. The molecule has 3 N–H and O–H groups in total. The van der Waals surface area contributed by atoms with Crippen molar-refractivity contribution >= 4 is 23.5 Å². The average Bonchev–Trinajstić information content (AvgIpc) is 3.40. The van der Waals surface area contributed by atoms with E-state index in [4.69, 9.17) is 16.3 Å². The van der Waals surface area contributed by atoms with Gasteiger partial charge in [0.05, 0.1) is 24.4 Å². The fourth-order valence-corrected chi connectivity index (χ4v) is 9.11. The van der Waals surface area contributed by atoms with Crippen LogP contribution in [0.4, 0.5) is 0 Å². The molecule has 0 unspecified atom stereocenters. The first-order valence-corrected chi connectivity index (χ1v) is 22.5. The Morgan fingerprint density at radius 3 is 2.13 bits per heavy atom. The first-order valence-electron chi connectivity index (χ1n) is 22.0. The van der Waals surface area contributed by atoms with E-state index in [-0.39, 0.29) is 46.9 Å². The molecule has 2 aliphatic carbocycles. The highest BCUT2D eigenvalue weighted by Crippen LogP contribution is 2.48. The number of ether oxygens (including phenoxy) is 1. The van der Waals surface area contributed by atoms with Crippen LogP contribution < -0.4 is 0 Å². The molecule has 0 spiro atoms. The summed E-state index contributed by atoms with van der Waals surface area (Å²) < 4.78 is 5.50. The van der Waals surface area contributed by atoms with E-state index in [1.54, 1.807) is 6.07 Å². The third-order valence-corrected chi connectivity index (χ3v) is 13.0. The van der Waals surface area contributed by atoms with Gasteiger partial charge in [0, 0.05) is 24.1 Å². The highest BCUT2D eigenvalue weighted by molar-refractivity contribution is 6.21. The van der Waals surface area contributed by atoms with E-state index in [9.17, 15) is 24.9 Å². The van der Waals surface area contributed by atoms with Crippen molar-refractivity contribution < 1.29 is 29.6 Å². The van der Waals surface area contributed by atoms with Crippen molar-refractivity contribution in [1.82, 2.24) is 0 Å². The van der Waals surface area contributed by atoms with Crippen LogP contribution in [0.15, 0.2) is 42.5 Å². The molecule has 2 fully saturated rings. The molecule has 1 aromatic rings. The van der Waals surface area contributed by atoms with Crippen LogP contribution in [0.1, 0.15) is 189 Å². The number of allylic oxidation sites excluding steroid dienone is 2. The molecule has 306 valence electrons. The van der Waals surface area contributed by atoms with Gasteiger partial charge in [0.25, 0.3) is 0 Å².